The van der Waals surface area contributed by atoms with E-state index >= 15 is 0 Å². The molecule has 0 radical (unpaired) electrons. The fraction of sp³-hybridized carbons (Fsp3) is 0.846. The van der Waals surface area contributed by atoms with Crippen LogP contribution in [0.25, 0.3) is 0 Å². The van der Waals surface area contributed by atoms with Crippen LogP contribution in [0, 0.1) is 0 Å². The monoisotopic (exact) mass is 256 g/mol. The maximum Gasteiger partial charge on any atom is 0.245 e. The summed E-state index contributed by atoms with van der Waals surface area (Å²) in [6.45, 7) is 8.77. The van der Waals surface area contributed by atoms with Crippen molar-refractivity contribution < 1.29 is 14.3 Å². The standard InChI is InChI=1S/C13H24N2O3/c1-5-10-13(17)15(8-9(4)18-7-3)11(6-2)12(16)14-10/h9-11H,5-8H2,1-4H3,(H,14,16). The number of rotatable bonds is 6. The van der Waals surface area contributed by atoms with Crippen LogP contribution in [0.3, 0.4) is 0 Å². The lowest BCUT2D eigenvalue weighted by molar-refractivity contribution is -0.151. The van der Waals surface area contributed by atoms with E-state index in [2.05, 4.69) is 5.32 Å². The van der Waals surface area contributed by atoms with Crippen LogP contribution >= 0.6 is 0 Å². The fourth-order valence-corrected chi connectivity index (χ4v) is 2.34. The third-order valence-corrected chi connectivity index (χ3v) is 3.28. The molecule has 3 unspecified atom stereocenters. The van der Waals surface area contributed by atoms with Crippen LogP contribution in [-0.4, -0.2) is 48.1 Å². The van der Waals surface area contributed by atoms with E-state index in [1.165, 1.54) is 0 Å². The SMILES string of the molecule is CCOC(C)CN1C(=O)C(CC)NC(=O)C1CC. The summed E-state index contributed by atoms with van der Waals surface area (Å²) in [5, 5.41) is 2.78. The first-order valence-corrected chi connectivity index (χ1v) is 6.77. The summed E-state index contributed by atoms with van der Waals surface area (Å²) in [5.41, 5.74) is 0. The van der Waals surface area contributed by atoms with Crippen molar-refractivity contribution in [1.29, 1.82) is 0 Å². The summed E-state index contributed by atoms with van der Waals surface area (Å²) in [5.74, 6) is -0.0387. The molecular weight excluding hydrogens is 232 g/mol. The second-order valence-corrected chi connectivity index (χ2v) is 4.65. The molecule has 0 saturated carbocycles. The van der Waals surface area contributed by atoms with Gasteiger partial charge in [0.15, 0.2) is 0 Å². The lowest BCUT2D eigenvalue weighted by Crippen LogP contribution is -2.64. The number of carbonyl (C=O) groups is 2. The minimum absolute atomic E-state index is 0.00973. The summed E-state index contributed by atoms with van der Waals surface area (Å²) in [6, 6.07) is -0.739. The largest absolute Gasteiger partial charge is 0.377 e. The number of nitrogens with zero attached hydrogens (tertiary/aromatic N) is 1. The van der Waals surface area contributed by atoms with Crippen LogP contribution in [0.15, 0.2) is 0 Å². The number of piperazine rings is 1. The Labute approximate surface area is 109 Å². The molecule has 1 fully saturated rings. The molecule has 0 spiro atoms. The van der Waals surface area contributed by atoms with Crippen molar-refractivity contribution in [3.8, 4) is 0 Å². The zero-order valence-electron chi connectivity index (χ0n) is 11.7. The Kier molecular flexibility index (Phi) is 5.59. The molecule has 1 saturated heterocycles. The Hall–Kier alpha value is -1.10. The summed E-state index contributed by atoms with van der Waals surface area (Å²) in [6.07, 6.45) is 1.21. The molecule has 0 aromatic carbocycles. The molecule has 104 valence electrons. The van der Waals surface area contributed by atoms with Crippen molar-refractivity contribution >= 4 is 11.8 Å². The van der Waals surface area contributed by atoms with Crippen molar-refractivity contribution in [3.63, 3.8) is 0 Å². The van der Waals surface area contributed by atoms with Gasteiger partial charge < -0.3 is 15.0 Å². The van der Waals surface area contributed by atoms with Gasteiger partial charge in [-0.3, -0.25) is 9.59 Å². The maximum atomic E-state index is 12.3. The van der Waals surface area contributed by atoms with Crippen molar-refractivity contribution in [2.75, 3.05) is 13.2 Å². The van der Waals surface area contributed by atoms with E-state index in [9.17, 15) is 9.59 Å². The quantitative estimate of drug-likeness (QED) is 0.769. The van der Waals surface area contributed by atoms with Gasteiger partial charge in [0.1, 0.15) is 12.1 Å². The van der Waals surface area contributed by atoms with Gasteiger partial charge in [0, 0.05) is 13.2 Å². The number of nitrogens with one attached hydrogen (secondary N) is 1. The normalized spacial score (nSPS) is 26.1. The molecule has 0 aliphatic carbocycles. The molecule has 1 N–H and O–H groups in total. The van der Waals surface area contributed by atoms with Crippen molar-refractivity contribution in [1.82, 2.24) is 10.2 Å². The number of carbonyl (C=O) groups excluding carboxylic acids is 2. The molecule has 1 aliphatic heterocycles. The smallest absolute Gasteiger partial charge is 0.245 e. The van der Waals surface area contributed by atoms with Crippen molar-refractivity contribution in [3.05, 3.63) is 0 Å². The molecule has 1 aliphatic rings. The van der Waals surface area contributed by atoms with E-state index in [1.54, 1.807) is 4.90 Å². The lowest BCUT2D eigenvalue weighted by atomic mass is 10.0. The molecule has 18 heavy (non-hydrogen) atoms. The zero-order chi connectivity index (χ0) is 13.7. The Bertz CT molecular complexity index is 307. The number of ether oxygens (including phenoxy) is 1. The minimum atomic E-state index is -0.380. The molecular formula is C13H24N2O3. The highest BCUT2D eigenvalue weighted by molar-refractivity contribution is 5.96. The van der Waals surface area contributed by atoms with Crippen LogP contribution in [0.4, 0.5) is 0 Å². The van der Waals surface area contributed by atoms with Crippen molar-refractivity contribution in [2.45, 2.75) is 58.7 Å². The van der Waals surface area contributed by atoms with E-state index in [0.29, 0.717) is 26.0 Å². The molecule has 0 aromatic heterocycles. The van der Waals surface area contributed by atoms with Gasteiger partial charge in [0.05, 0.1) is 6.10 Å². The van der Waals surface area contributed by atoms with E-state index < -0.39 is 0 Å². The zero-order valence-corrected chi connectivity index (χ0v) is 11.7. The summed E-state index contributed by atoms with van der Waals surface area (Å²) < 4.78 is 5.46. The van der Waals surface area contributed by atoms with Gasteiger partial charge in [-0.15, -0.1) is 0 Å². The van der Waals surface area contributed by atoms with Gasteiger partial charge in [-0.2, -0.15) is 0 Å². The van der Waals surface area contributed by atoms with E-state index in [1.807, 2.05) is 27.7 Å². The first-order valence-electron chi connectivity index (χ1n) is 6.77. The van der Waals surface area contributed by atoms with Gasteiger partial charge in [-0.1, -0.05) is 13.8 Å². The molecule has 5 nitrogen and oxygen atoms in total. The van der Waals surface area contributed by atoms with Crippen LogP contribution in [0.1, 0.15) is 40.5 Å². The summed E-state index contributed by atoms with van der Waals surface area (Å²) in [7, 11) is 0. The van der Waals surface area contributed by atoms with Crippen LogP contribution in [-0.2, 0) is 14.3 Å². The minimum Gasteiger partial charge on any atom is -0.377 e. The van der Waals surface area contributed by atoms with Crippen LogP contribution < -0.4 is 5.32 Å². The molecule has 2 amide bonds. The second-order valence-electron chi connectivity index (χ2n) is 4.65. The first kappa shape index (κ1) is 15.0. The molecule has 3 atom stereocenters. The molecule has 1 rings (SSSR count). The van der Waals surface area contributed by atoms with E-state index in [0.717, 1.165) is 0 Å². The topological polar surface area (TPSA) is 58.6 Å². The highest BCUT2D eigenvalue weighted by atomic mass is 16.5. The van der Waals surface area contributed by atoms with Gasteiger partial charge in [0.25, 0.3) is 0 Å². The fourth-order valence-electron chi connectivity index (χ4n) is 2.34. The lowest BCUT2D eigenvalue weighted by Gasteiger charge is -2.39. The Morgan fingerprint density at radius 3 is 2.44 bits per heavy atom. The molecule has 1 heterocycles. The Balaban J connectivity index is 2.79. The Morgan fingerprint density at radius 2 is 1.94 bits per heavy atom. The van der Waals surface area contributed by atoms with Gasteiger partial charge in [0.2, 0.25) is 11.8 Å². The van der Waals surface area contributed by atoms with Crippen LogP contribution in [0.2, 0.25) is 0 Å². The summed E-state index contributed by atoms with van der Waals surface area (Å²) in [4.78, 5) is 25.9. The average molecular weight is 256 g/mol. The van der Waals surface area contributed by atoms with Crippen LogP contribution in [0.5, 0.6) is 0 Å². The van der Waals surface area contributed by atoms with Gasteiger partial charge >= 0.3 is 0 Å². The molecule has 5 heteroatoms. The van der Waals surface area contributed by atoms with Gasteiger partial charge in [-0.05, 0) is 26.7 Å². The number of hydrogen-bond acceptors (Lipinski definition) is 3. The highest BCUT2D eigenvalue weighted by Gasteiger charge is 2.39. The average Bonchev–Trinajstić information content (AvgIpc) is 2.34. The Morgan fingerprint density at radius 1 is 1.28 bits per heavy atom. The third-order valence-electron chi connectivity index (χ3n) is 3.28. The predicted molar refractivity (Wildman–Crippen MR) is 69.1 cm³/mol. The maximum absolute atomic E-state index is 12.3. The number of hydrogen-bond donors (Lipinski definition) is 1. The first-order chi connectivity index (χ1) is 8.54. The number of amides is 2. The predicted octanol–water partition coefficient (Wildman–Crippen LogP) is 0.927. The van der Waals surface area contributed by atoms with E-state index in [-0.39, 0.29) is 30.0 Å². The second kappa shape index (κ2) is 6.73. The van der Waals surface area contributed by atoms with E-state index in [4.69, 9.17) is 4.74 Å². The van der Waals surface area contributed by atoms with Gasteiger partial charge in [-0.25, -0.2) is 0 Å². The third kappa shape index (κ3) is 3.22. The molecule has 0 aromatic rings. The molecule has 0 bridgehead atoms. The summed E-state index contributed by atoms with van der Waals surface area (Å²) >= 11 is 0. The highest BCUT2D eigenvalue weighted by Crippen LogP contribution is 2.15. The van der Waals surface area contributed by atoms with Crippen molar-refractivity contribution in [2.24, 2.45) is 0 Å².